The van der Waals surface area contributed by atoms with E-state index in [2.05, 4.69) is 9.97 Å². The molecule has 0 saturated heterocycles. The number of carbonyl (C=O) groups excluding carboxylic acids is 1. The SMILES string of the molecule is O=C(OCc1cc(=O)n2ccsc2n1)c1cccnc1. The molecule has 7 heteroatoms. The fourth-order valence-corrected chi connectivity index (χ4v) is 2.41. The van der Waals surface area contributed by atoms with Crippen LogP contribution in [0, 0.1) is 0 Å². The van der Waals surface area contributed by atoms with Gasteiger partial charge in [0.05, 0.1) is 11.3 Å². The van der Waals surface area contributed by atoms with Gasteiger partial charge in [-0.25, -0.2) is 9.78 Å². The van der Waals surface area contributed by atoms with Crippen molar-refractivity contribution in [2.24, 2.45) is 0 Å². The average molecular weight is 287 g/mol. The molecule has 0 fully saturated rings. The minimum absolute atomic E-state index is 0.0443. The quantitative estimate of drug-likeness (QED) is 0.683. The van der Waals surface area contributed by atoms with Gasteiger partial charge >= 0.3 is 5.97 Å². The van der Waals surface area contributed by atoms with E-state index in [0.29, 0.717) is 16.2 Å². The Labute approximate surface area is 117 Å². The van der Waals surface area contributed by atoms with Crippen LogP contribution < -0.4 is 5.56 Å². The molecule has 0 atom stereocenters. The lowest BCUT2D eigenvalue weighted by atomic mass is 10.3. The van der Waals surface area contributed by atoms with Crippen LogP contribution in [0.15, 0.2) is 47.0 Å². The zero-order valence-corrected chi connectivity index (χ0v) is 11.0. The van der Waals surface area contributed by atoms with Crippen molar-refractivity contribution in [3.63, 3.8) is 0 Å². The van der Waals surface area contributed by atoms with Crippen LogP contribution >= 0.6 is 11.3 Å². The highest BCUT2D eigenvalue weighted by molar-refractivity contribution is 7.15. The first-order valence-corrected chi connectivity index (χ1v) is 6.65. The molecule has 0 radical (unpaired) electrons. The predicted molar refractivity (Wildman–Crippen MR) is 72.7 cm³/mol. The van der Waals surface area contributed by atoms with Gasteiger partial charge in [-0.05, 0) is 12.1 Å². The number of ether oxygens (including phenoxy) is 1. The maximum Gasteiger partial charge on any atom is 0.340 e. The number of aromatic nitrogens is 3. The highest BCUT2D eigenvalue weighted by atomic mass is 32.1. The zero-order valence-electron chi connectivity index (χ0n) is 10.2. The summed E-state index contributed by atoms with van der Waals surface area (Å²) in [7, 11) is 0. The van der Waals surface area contributed by atoms with Crippen molar-refractivity contribution in [2.75, 3.05) is 0 Å². The molecule has 20 heavy (non-hydrogen) atoms. The third-order valence-electron chi connectivity index (χ3n) is 2.60. The Balaban J connectivity index is 1.77. The van der Waals surface area contributed by atoms with Crippen molar-refractivity contribution >= 4 is 22.3 Å². The average Bonchev–Trinajstić information content (AvgIpc) is 2.94. The summed E-state index contributed by atoms with van der Waals surface area (Å²) in [6.45, 7) is -0.0443. The Morgan fingerprint density at radius 2 is 2.35 bits per heavy atom. The topological polar surface area (TPSA) is 73.6 Å². The van der Waals surface area contributed by atoms with Gasteiger partial charge in [-0.3, -0.25) is 14.2 Å². The monoisotopic (exact) mass is 287 g/mol. The number of hydrogen-bond acceptors (Lipinski definition) is 6. The van der Waals surface area contributed by atoms with E-state index in [4.69, 9.17) is 4.74 Å². The minimum Gasteiger partial charge on any atom is -0.456 e. The maximum absolute atomic E-state index is 11.8. The number of esters is 1. The molecule has 6 nitrogen and oxygen atoms in total. The second kappa shape index (κ2) is 5.22. The molecule has 3 aromatic heterocycles. The van der Waals surface area contributed by atoms with Crippen molar-refractivity contribution < 1.29 is 9.53 Å². The fourth-order valence-electron chi connectivity index (χ4n) is 1.67. The molecule has 0 N–H and O–H groups in total. The number of hydrogen-bond donors (Lipinski definition) is 0. The Morgan fingerprint density at radius 1 is 1.45 bits per heavy atom. The number of fused-ring (bicyclic) bond motifs is 1. The molecule has 3 aromatic rings. The minimum atomic E-state index is -0.494. The number of thiazole rings is 1. The van der Waals surface area contributed by atoms with Crippen molar-refractivity contribution in [1.29, 1.82) is 0 Å². The summed E-state index contributed by atoms with van der Waals surface area (Å²) < 4.78 is 6.55. The second-order valence-corrected chi connectivity index (χ2v) is 4.83. The first-order valence-electron chi connectivity index (χ1n) is 5.77. The second-order valence-electron chi connectivity index (χ2n) is 3.96. The lowest BCUT2D eigenvalue weighted by Crippen LogP contribution is -2.14. The van der Waals surface area contributed by atoms with Crippen LogP contribution in [-0.2, 0) is 11.3 Å². The Bertz CT molecular complexity index is 810. The molecule has 0 bridgehead atoms. The van der Waals surface area contributed by atoms with Gasteiger partial charge in [0.15, 0.2) is 4.96 Å². The molecule has 0 spiro atoms. The highest BCUT2D eigenvalue weighted by Gasteiger charge is 2.09. The zero-order chi connectivity index (χ0) is 13.9. The molecule has 0 aromatic carbocycles. The predicted octanol–water partition coefficient (Wildman–Crippen LogP) is 1.51. The molecule has 0 aliphatic heterocycles. The molecule has 100 valence electrons. The Morgan fingerprint density at radius 3 is 3.15 bits per heavy atom. The molecular weight excluding hydrogens is 278 g/mol. The number of pyridine rings is 1. The molecule has 3 rings (SSSR count). The third-order valence-corrected chi connectivity index (χ3v) is 3.36. The number of rotatable bonds is 3. The molecular formula is C13H9N3O3S. The summed E-state index contributed by atoms with van der Waals surface area (Å²) in [5.41, 5.74) is 0.597. The number of carbonyl (C=O) groups is 1. The van der Waals surface area contributed by atoms with Gasteiger partial charge in [-0.15, -0.1) is 11.3 Å². The van der Waals surface area contributed by atoms with E-state index in [9.17, 15) is 9.59 Å². The van der Waals surface area contributed by atoms with Crippen LogP contribution in [0.5, 0.6) is 0 Å². The standard InChI is InChI=1S/C13H9N3O3S/c17-11-6-10(15-13-16(11)4-5-20-13)8-19-12(18)9-2-1-3-14-7-9/h1-7H,8H2. The van der Waals surface area contributed by atoms with Crippen molar-refractivity contribution in [3.05, 3.63) is 63.8 Å². The number of nitrogens with zero attached hydrogens (tertiary/aromatic N) is 3. The molecule has 0 aliphatic rings. The Kier molecular flexibility index (Phi) is 3.26. The van der Waals surface area contributed by atoms with Gasteiger partial charge < -0.3 is 4.74 Å². The van der Waals surface area contributed by atoms with Crippen LogP contribution in [0.2, 0.25) is 0 Å². The van der Waals surface area contributed by atoms with E-state index < -0.39 is 5.97 Å². The van der Waals surface area contributed by atoms with Gasteiger partial charge in [0.1, 0.15) is 6.61 Å². The van der Waals surface area contributed by atoms with E-state index in [1.807, 2.05) is 0 Å². The van der Waals surface area contributed by atoms with E-state index in [-0.39, 0.29) is 12.2 Å². The van der Waals surface area contributed by atoms with E-state index in [0.717, 1.165) is 0 Å². The summed E-state index contributed by atoms with van der Waals surface area (Å²) in [5.74, 6) is -0.494. The lowest BCUT2D eigenvalue weighted by molar-refractivity contribution is 0.0467. The van der Waals surface area contributed by atoms with Gasteiger partial charge in [0.25, 0.3) is 5.56 Å². The molecule has 0 aliphatic carbocycles. The summed E-state index contributed by atoms with van der Waals surface area (Å²) >= 11 is 1.35. The van der Waals surface area contributed by atoms with Crippen molar-refractivity contribution in [3.8, 4) is 0 Å². The summed E-state index contributed by atoms with van der Waals surface area (Å²) in [6.07, 6.45) is 4.65. The van der Waals surface area contributed by atoms with E-state index >= 15 is 0 Å². The lowest BCUT2D eigenvalue weighted by Gasteiger charge is -2.04. The van der Waals surface area contributed by atoms with Gasteiger partial charge in [0.2, 0.25) is 0 Å². The first kappa shape index (κ1) is 12.5. The first-order chi connectivity index (χ1) is 9.74. The normalized spacial score (nSPS) is 10.6. The molecule has 0 unspecified atom stereocenters. The summed E-state index contributed by atoms with van der Waals surface area (Å²) in [6, 6.07) is 4.62. The van der Waals surface area contributed by atoms with Crippen LogP contribution in [0.1, 0.15) is 16.1 Å². The van der Waals surface area contributed by atoms with Gasteiger partial charge in [-0.2, -0.15) is 0 Å². The highest BCUT2D eigenvalue weighted by Crippen LogP contribution is 2.08. The van der Waals surface area contributed by atoms with Crippen molar-refractivity contribution in [1.82, 2.24) is 14.4 Å². The van der Waals surface area contributed by atoms with Gasteiger partial charge in [-0.1, -0.05) is 0 Å². The molecule has 0 saturated carbocycles. The largest absolute Gasteiger partial charge is 0.456 e. The smallest absolute Gasteiger partial charge is 0.340 e. The fraction of sp³-hybridized carbons (Fsp3) is 0.0769. The van der Waals surface area contributed by atoms with Crippen LogP contribution in [0.4, 0.5) is 0 Å². The summed E-state index contributed by atoms with van der Waals surface area (Å²) in [5, 5.41) is 1.77. The van der Waals surface area contributed by atoms with Crippen molar-refractivity contribution in [2.45, 2.75) is 6.61 Å². The van der Waals surface area contributed by atoms with E-state index in [1.54, 1.807) is 29.9 Å². The third kappa shape index (κ3) is 2.43. The van der Waals surface area contributed by atoms with Gasteiger partial charge in [0, 0.05) is 30.0 Å². The molecule has 3 heterocycles. The van der Waals surface area contributed by atoms with Crippen LogP contribution in [0.25, 0.3) is 4.96 Å². The molecule has 0 amide bonds. The Hall–Kier alpha value is -2.54. The van der Waals surface area contributed by atoms with E-state index in [1.165, 1.54) is 28.0 Å². The van der Waals surface area contributed by atoms with Crippen LogP contribution in [-0.4, -0.2) is 20.3 Å². The van der Waals surface area contributed by atoms with Crippen LogP contribution in [0.3, 0.4) is 0 Å². The summed E-state index contributed by atoms with van der Waals surface area (Å²) in [4.78, 5) is 32.2. The maximum atomic E-state index is 11.8.